The molecular formula is C19H21ClN4O2. The molecule has 0 unspecified atom stereocenters. The SMILES string of the molecule is Cc1ccc(-c2nnn(C[C@H](O)CO[C@@H](C)c3ccc(Cl)cc3)n2)cc1. The molecule has 6 nitrogen and oxygen atoms in total. The molecule has 1 aromatic heterocycles. The van der Waals surface area contributed by atoms with E-state index in [1.54, 1.807) is 0 Å². The molecule has 0 spiro atoms. The van der Waals surface area contributed by atoms with E-state index in [0.29, 0.717) is 10.8 Å². The lowest BCUT2D eigenvalue weighted by molar-refractivity contribution is -0.0116. The van der Waals surface area contributed by atoms with Crippen molar-refractivity contribution in [2.45, 2.75) is 32.6 Å². The van der Waals surface area contributed by atoms with Crippen molar-refractivity contribution in [2.24, 2.45) is 0 Å². The summed E-state index contributed by atoms with van der Waals surface area (Å²) in [7, 11) is 0. The Morgan fingerprint density at radius 3 is 2.50 bits per heavy atom. The molecule has 3 aromatic rings. The molecule has 26 heavy (non-hydrogen) atoms. The van der Waals surface area contributed by atoms with Gasteiger partial charge in [-0.1, -0.05) is 53.6 Å². The van der Waals surface area contributed by atoms with E-state index in [0.717, 1.165) is 11.1 Å². The molecule has 0 radical (unpaired) electrons. The van der Waals surface area contributed by atoms with Gasteiger partial charge in [-0.2, -0.15) is 4.80 Å². The lowest BCUT2D eigenvalue weighted by atomic mass is 10.1. The van der Waals surface area contributed by atoms with E-state index >= 15 is 0 Å². The van der Waals surface area contributed by atoms with Gasteiger partial charge in [-0.05, 0) is 36.8 Å². The van der Waals surface area contributed by atoms with Gasteiger partial charge in [0.25, 0.3) is 0 Å². The Bertz CT molecular complexity index is 834. The van der Waals surface area contributed by atoms with Crippen LogP contribution in [0.15, 0.2) is 48.5 Å². The number of hydrogen-bond acceptors (Lipinski definition) is 5. The van der Waals surface area contributed by atoms with Gasteiger partial charge in [0.2, 0.25) is 5.82 Å². The molecule has 0 aliphatic rings. The van der Waals surface area contributed by atoms with Crippen LogP contribution in [-0.4, -0.2) is 38.0 Å². The molecule has 0 saturated heterocycles. The summed E-state index contributed by atoms with van der Waals surface area (Å²) in [5.41, 5.74) is 3.06. The third-order valence-electron chi connectivity index (χ3n) is 4.01. The van der Waals surface area contributed by atoms with Crippen molar-refractivity contribution in [1.29, 1.82) is 0 Å². The third kappa shape index (κ3) is 4.88. The fourth-order valence-electron chi connectivity index (χ4n) is 2.47. The highest BCUT2D eigenvalue weighted by Gasteiger charge is 2.13. The number of rotatable bonds is 7. The van der Waals surface area contributed by atoms with E-state index in [-0.39, 0.29) is 19.3 Å². The predicted octanol–water partition coefficient (Wildman–Crippen LogP) is 3.44. The second-order valence-corrected chi connectivity index (χ2v) is 6.65. The largest absolute Gasteiger partial charge is 0.389 e. The van der Waals surface area contributed by atoms with Crippen LogP contribution in [0, 0.1) is 6.92 Å². The van der Waals surface area contributed by atoms with Crippen LogP contribution >= 0.6 is 11.6 Å². The number of aromatic nitrogens is 4. The predicted molar refractivity (Wildman–Crippen MR) is 99.8 cm³/mol. The topological polar surface area (TPSA) is 73.1 Å². The van der Waals surface area contributed by atoms with E-state index in [9.17, 15) is 5.11 Å². The number of halogens is 1. The summed E-state index contributed by atoms with van der Waals surface area (Å²) in [5, 5.41) is 23.2. The highest BCUT2D eigenvalue weighted by molar-refractivity contribution is 6.30. The maximum Gasteiger partial charge on any atom is 0.204 e. The van der Waals surface area contributed by atoms with Crippen molar-refractivity contribution in [2.75, 3.05) is 6.61 Å². The number of hydrogen-bond donors (Lipinski definition) is 1. The van der Waals surface area contributed by atoms with Crippen molar-refractivity contribution in [3.05, 3.63) is 64.7 Å². The van der Waals surface area contributed by atoms with Crippen LogP contribution in [0.25, 0.3) is 11.4 Å². The van der Waals surface area contributed by atoms with Gasteiger partial charge < -0.3 is 9.84 Å². The normalized spacial score (nSPS) is 13.5. The second-order valence-electron chi connectivity index (χ2n) is 6.21. The fourth-order valence-corrected chi connectivity index (χ4v) is 2.59. The van der Waals surface area contributed by atoms with Crippen LogP contribution in [0.1, 0.15) is 24.2 Å². The molecule has 2 aromatic carbocycles. The quantitative estimate of drug-likeness (QED) is 0.687. The number of aliphatic hydroxyl groups excluding tert-OH is 1. The standard InChI is InChI=1S/C19H21ClN4O2/c1-13-3-5-16(6-4-13)19-21-23-24(22-19)11-18(25)12-26-14(2)15-7-9-17(20)10-8-15/h3-10,14,18,25H,11-12H2,1-2H3/t14-,18-/m0/s1. The zero-order valence-corrected chi connectivity index (χ0v) is 15.5. The molecular weight excluding hydrogens is 352 g/mol. The smallest absolute Gasteiger partial charge is 0.204 e. The van der Waals surface area contributed by atoms with E-state index in [2.05, 4.69) is 15.4 Å². The van der Waals surface area contributed by atoms with Gasteiger partial charge in [0.1, 0.15) is 0 Å². The van der Waals surface area contributed by atoms with Crippen molar-refractivity contribution in [3.63, 3.8) is 0 Å². The molecule has 1 heterocycles. The Hall–Kier alpha value is -2.28. The maximum absolute atomic E-state index is 10.2. The Labute approximate surface area is 157 Å². The Balaban J connectivity index is 1.52. The zero-order valence-electron chi connectivity index (χ0n) is 14.7. The molecule has 2 atom stereocenters. The van der Waals surface area contributed by atoms with Crippen LogP contribution < -0.4 is 0 Å². The monoisotopic (exact) mass is 372 g/mol. The molecule has 0 aliphatic heterocycles. The van der Waals surface area contributed by atoms with Gasteiger partial charge in [-0.25, -0.2) is 0 Å². The number of aryl methyl sites for hydroxylation is 1. The average Bonchev–Trinajstić information content (AvgIpc) is 3.09. The molecule has 1 N–H and O–H groups in total. The van der Waals surface area contributed by atoms with Gasteiger partial charge in [0.05, 0.1) is 25.4 Å². The van der Waals surface area contributed by atoms with Crippen molar-refractivity contribution in [1.82, 2.24) is 20.2 Å². The van der Waals surface area contributed by atoms with Crippen LogP contribution in [0.5, 0.6) is 0 Å². The van der Waals surface area contributed by atoms with E-state index in [4.69, 9.17) is 16.3 Å². The van der Waals surface area contributed by atoms with Gasteiger partial charge >= 0.3 is 0 Å². The first-order valence-electron chi connectivity index (χ1n) is 8.41. The molecule has 136 valence electrons. The van der Waals surface area contributed by atoms with Gasteiger partial charge in [-0.15, -0.1) is 10.2 Å². The number of benzene rings is 2. The summed E-state index contributed by atoms with van der Waals surface area (Å²) in [5.74, 6) is 0.535. The second kappa shape index (κ2) is 8.40. The van der Waals surface area contributed by atoms with E-state index < -0.39 is 6.10 Å². The third-order valence-corrected chi connectivity index (χ3v) is 4.27. The first-order valence-corrected chi connectivity index (χ1v) is 8.79. The van der Waals surface area contributed by atoms with Crippen molar-refractivity contribution in [3.8, 4) is 11.4 Å². The molecule has 0 saturated carbocycles. The number of ether oxygens (including phenoxy) is 1. The molecule has 7 heteroatoms. The summed E-state index contributed by atoms with van der Waals surface area (Å²) < 4.78 is 5.72. The highest BCUT2D eigenvalue weighted by Crippen LogP contribution is 2.19. The van der Waals surface area contributed by atoms with E-state index in [1.165, 1.54) is 10.4 Å². The lowest BCUT2D eigenvalue weighted by Crippen LogP contribution is -2.24. The first kappa shape index (κ1) is 18.5. The fraction of sp³-hybridized carbons (Fsp3) is 0.316. The summed E-state index contributed by atoms with van der Waals surface area (Å²) in [6, 6.07) is 15.3. The molecule has 3 rings (SSSR count). The van der Waals surface area contributed by atoms with Crippen LogP contribution in [0.2, 0.25) is 5.02 Å². The van der Waals surface area contributed by atoms with Crippen LogP contribution in [0.4, 0.5) is 0 Å². The number of tetrazole rings is 1. The number of nitrogens with zero attached hydrogens (tertiary/aromatic N) is 4. The minimum atomic E-state index is -0.732. The average molecular weight is 373 g/mol. The lowest BCUT2D eigenvalue weighted by Gasteiger charge is -2.16. The Morgan fingerprint density at radius 1 is 1.12 bits per heavy atom. The van der Waals surface area contributed by atoms with E-state index in [1.807, 2.05) is 62.4 Å². The Morgan fingerprint density at radius 2 is 1.81 bits per heavy atom. The summed E-state index contributed by atoms with van der Waals surface area (Å²) >= 11 is 5.88. The Kier molecular flexibility index (Phi) is 5.98. The first-order chi connectivity index (χ1) is 12.5. The minimum absolute atomic E-state index is 0.145. The summed E-state index contributed by atoms with van der Waals surface area (Å²) in [4.78, 5) is 1.39. The van der Waals surface area contributed by atoms with Gasteiger partial charge in [0, 0.05) is 10.6 Å². The highest BCUT2D eigenvalue weighted by atomic mass is 35.5. The number of aliphatic hydroxyl groups is 1. The zero-order chi connectivity index (χ0) is 18.5. The van der Waals surface area contributed by atoms with Crippen molar-refractivity contribution >= 4 is 11.6 Å². The van der Waals surface area contributed by atoms with Crippen LogP contribution in [0.3, 0.4) is 0 Å². The minimum Gasteiger partial charge on any atom is -0.389 e. The maximum atomic E-state index is 10.2. The molecule has 0 amide bonds. The molecule has 0 fully saturated rings. The van der Waals surface area contributed by atoms with Gasteiger partial charge in [0.15, 0.2) is 0 Å². The molecule has 0 aliphatic carbocycles. The summed E-state index contributed by atoms with van der Waals surface area (Å²) in [6.45, 7) is 4.34. The van der Waals surface area contributed by atoms with Crippen LogP contribution in [-0.2, 0) is 11.3 Å². The summed E-state index contributed by atoms with van der Waals surface area (Å²) in [6.07, 6.45) is -0.876. The molecule has 0 bridgehead atoms. The van der Waals surface area contributed by atoms with Gasteiger partial charge in [-0.3, -0.25) is 0 Å². The van der Waals surface area contributed by atoms with Crippen molar-refractivity contribution < 1.29 is 9.84 Å².